The minimum Gasteiger partial charge on any atom is -0.462 e. The number of benzene rings is 1. The second-order valence-corrected chi connectivity index (χ2v) is 10.2. The number of aliphatic hydroxyl groups excluding tert-OH is 1. The number of esters is 1. The first-order chi connectivity index (χ1) is 17.9. The molecule has 0 aliphatic carbocycles. The summed E-state index contributed by atoms with van der Waals surface area (Å²) in [5.41, 5.74) is 4.75. The number of alkyl halides is 1. The molecular formula is C21H26FN6O9P. The average Bonchev–Trinajstić information content (AvgIpc) is 3.09. The maximum absolute atomic E-state index is 15.1. The maximum atomic E-state index is 15.1. The van der Waals surface area contributed by atoms with E-state index in [4.69, 9.17) is 24.1 Å². The fourth-order valence-corrected chi connectivity index (χ4v) is 4.92. The van der Waals surface area contributed by atoms with Gasteiger partial charge in [-0.05, 0) is 38.4 Å². The van der Waals surface area contributed by atoms with Crippen molar-refractivity contribution in [3.8, 4) is 5.75 Å². The van der Waals surface area contributed by atoms with Crippen LogP contribution in [0.25, 0.3) is 10.4 Å². The van der Waals surface area contributed by atoms with Crippen molar-refractivity contribution in [2.45, 2.75) is 57.1 Å². The highest BCUT2D eigenvalue weighted by molar-refractivity contribution is 7.52. The molecule has 1 aliphatic rings. The van der Waals surface area contributed by atoms with Crippen LogP contribution >= 0.6 is 7.75 Å². The lowest BCUT2D eigenvalue weighted by atomic mass is 10.1. The summed E-state index contributed by atoms with van der Waals surface area (Å²) in [4.78, 5) is 40.3. The zero-order chi connectivity index (χ0) is 28.1. The average molecular weight is 556 g/mol. The van der Waals surface area contributed by atoms with Crippen molar-refractivity contribution in [1.82, 2.24) is 14.6 Å². The van der Waals surface area contributed by atoms with Crippen LogP contribution in [-0.2, 0) is 23.4 Å². The first-order valence-corrected chi connectivity index (χ1v) is 12.8. The summed E-state index contributed by atoms with van der Waals surface area (Å²) in [6.07, 6.45) is -5.98. The van der Waals surface area contributed by atoms with Gasteiger partial charge in [0.15, 0.2) is 12.4 Å². The molecule has 0 radical (unpaired) electrons. The first kappa shape index (κ1) is 29.0. The topological polar surface area (TPSA) is 207 Å². The van der Waals surface area contributed by atoms with E-state index in [0.717, 1.165) is 12.3 Å². The van der Waals surface area contributed by atoms with Crippen LogP contribution in [0, 0.1) is 0 Å². The molecule has 0 saturated carbocycles. The molecule has 1 aliphatic heterocycles. The SMILES string of the molecule is CC(C)OC(=O)C(C)NP(=O)(OC[C@@]1(N=[N+]=[N-])O[C@@H](n2ccc(=O)[nH]c2=O)[C@@H](F)[C@@H]1O)Oc1ccccc1. The molecule has 1 saturated heterocycles. The molecule has 1 aromatic carbocycles. The zero-order valence-corrected chi connectivity index (χ0v) is 21.4. The second kappa shape index (κ2) is 11.9. The van der Waals surface area contributed by atoms with Crippen molar-refractivity contribution in [2.24, 2.45) is 5.11 Å². The number of H-pyrrole nitrogens is 1. The fraction of sp³-hybridized carbons (Fsp3) is 0.476. The van der Waals surface area contributed by atoms with E-state index < -0.39 is 67.9 Å². The van der Waals surface area contributed by atoms with Crippen LogP contribution < -0.4 is 20.9 Å². The number of aromatic amines is 1. The number of rotatable bonds is 11. The zero-order valence-electron chi connectivity index (χ0n) is 20.5. The van der Waals surface area contributed by atoms with Crippen molar-refractivity contribution < 1.29 is 37.4 Å². The number of azide groups is 1. The lowest BCUT2D eigenvalue weighted by Crippen LogP contribution is -2.45. The van der Waals surface area contributed by atoms with Crippen molar-refractivity contribution in [3.05, 3.63) is 73.9 Å². The Morgan fingerprint density at radius 3 is 2.63 bits per heavy atom. The first-order valence-electron chi connectivity index (χ1n) is 11.2. The fourth-order valence-electron chi connectivity index (χ4n) is 3.40. The van der Waals surface area contributed by atoms with E-state index in [1.807, 2.05) is 4.98 Å². The smallest absolute Gasteiger partial charge is 0.459 e. The third-order valence-corrected chi connectivity index (χ3v) is 6.79. The number of aromatic nitrogens is 2. The van der Waals surface area contributed by atoms with Gasteiger partial charge in [0.1, 0.15) is 17.9 Å². The molecule has 0 amide bonds. The molecule has 2 unspecified atom stereocenters. The largest absolute Gasteiger partial charge is 0.462 e. The van der Waals surface area contributed by atoms with Gasteiger partial charge in [-0.25, -0.2) is 13.8 Å². The normalized spacial score (nSPS) is 25.3. The Bertz CT molecular complexity index is 1350. The highest BCUT2D eigenvalue weighted by Gasteiger charge is 2.57. The van der Waals surface area contributed by atoms with Crippen molar-refractivity contribution in [3.63, 3.8) is 0 Å². The lowest BCUT2D eigenvalue weighted by Gasteiger charge is -2.29. The number of hydrogen-bond donors (Lipinski definition) is 3. The number of ether oxygens (including phenoxy) is 2. The van der Waals surface area contributed by atoms with Gasteiger partial charge in [0.2, 0.25) is 5.72 Å². The van der Waals surface area contributed by atoms with Gasteiger partial charge in [0.25, 0.3) is 5.56 Å². The van der Waals surface area contributed by atoms with Gasteiger partial charge in [-0.2, -0.15) is 5.09 Å². The van der Waals surface area contributed by atoms with Crippen LogP contribution in [0.1, 0.15) is 27.0 Å². The van der Waals surface area contributed by atoms with Gasteiger partial charge >= 0.3 is 19.4 Å². The van der Waals surface area contributed by atoms with Crippen LogP contribution in [0.4, 0.5) is 4.39 Å². The highest BCUT2D eigenvalue weighted by atomic mass is 31.2. The van der Waals surface area contributed by atoms with E-state index in [-0.39, 0.29) is 5.75 Å². The molecule has 1 fully saturated rings. The molecule has 2 heterocycles. The van der Waals surface area contributed by atoms with Crippen molar-refractivity contribution >= 4 is 13.7 Å². The predicted octanol–water partition coefficient (Wildman–Crippen LogP) is 1.90. The van der Waals surface area contributed by atoms with Crippen LogP contribution in [0.3, 0.4) is 0 Å². The van der Waals surface area contributed by atoms with Gasteiger partial charge < -0.3 is 19.1 Å². The number of aliphatic hydroxyl groups is 1. The molecule has 0 spiro atoms. The molecule has 0 bridgehead atoms. The lowest BCUT2D eigenvalue weighted by molar-refractivity contribution is -0.149. The van der Waals surface area contributed by atoms with Crippen LogP contribution in [0.15, 0.2) is 57.3 Å². The molecule has 15 nitrogen and oxygen atoms in total. The van der Waals surface area contributed by atoms with Gasteiger partial charge in [-0.1, -0.05) is 23.3 Å². The second-order valence-electron chi connectivity index (χ2n) is 8.46. The summed E-state index contributed by atoms with van der Waals surface area (Å²) in [6, 6.07) is 7.37. The molecule has 1 aromatic heterocycles. The van der Waals surface area contributed by atoms with Gasteiger partial charge in [0, 0.05) is 17.2 Å². The number of nitrogens with one attached hydrogen (secondary N) is 2. The van der Waals surface area contributed by atoms with E-state index in [2.05, 4.69) is 15.1 Å². The number of halogens is 1. The summed E-state index contributed by atoms with van der Waals surface area (Å²) in [7, 11) is -4.53. The third kappa shape index (κ3) is 6.67. The minimum absolute atomic E-state index is 0.0551. The van der Waals surface area contributed by atoms with Gasteiger partial charge in [0.05, 0.1) is 12.7 Å². The van der Waals surface area contributed by atoms with E-state index in [1.165, 1.54) is 19.1 Å². The van der Waals surface area contributed by atoms with Crippen LogP contribution in [0.5, 0.6) is 5.75 Å². The standard InChI is InChI=1S/C21H26FN6O9P/c1-12(2)35-19(31)13(3)25-38(33,37-14-7-5-4-6-8-14)34-11-21(26-27-23)17(30)16(22)18(36-21)28-10-9-15(29)24-20(28)32/h4-10,12-13,16-18,30H,11H2,1-3H3,(H,25,33)(H,24,29,32)/t13?,16-,17-,18+,21+,38?/m0/s1. The molecule has 17 heteroatoms. The summed E-state index contributed by atoms with van der Waals surface area (Å²) in [5, 5.41) is 16.3. The molecule has 3 rings (SSSR count). The molecule has 3 N–H and O–H groups in total. The van der Waals surface area contributed by atoms with Gasteiger partial charge in [-0.3, -0.25) is 23.7 Å². The Labute approximate surface area is 214 Å². The Morgan fingerprint density at radius 1 is 1.34 bits per heavy atom. The number of carbonyl (C=O) groups excluding carboxylic acids is 1. The Morgan fingerprint density at radius 2 is 2.03 bits per heavy atom. The summed E-state index contributed by atoms with van der Waals surface area (Å²) >= 11 is 0. The number of hydrogen-bond acceptors (Lipinski definition) is 10. The van der Waals surface area contributed by atoms with Crippen molar-refractivity contribution in [1.29, 1.82) is 0 Å². The van der Waals surface area contributed by atoms with E-state index in [1.54, 1.807) is 32.0 Å². The summed E-state index contributed by atoms with van der Waals surface area (Å²) < 4.78 is 50.9. The van der Waals surface area contributed by atoms with Crippen molar-refractivity contribution in [2.75, 3.05) is 6.61 Å². The molecule has 2 aromatic rings. The number of para-hydroxylation sites is 1. The van der Waals surface area contributed by atoms with Gasteiger partial charge in [-0.15, -0.1) is 0 Å². The van der Waals surface area contributed by atoms with E-state index >= 15 is 4.39 Å². The van der Waals surface area contributed by atoms with Crippen LogP contribution in [-0.4, -0.2) is 57.4 Å². The van der Waals surface area contributed by atoms with E-state index in [0.29, 0.717) is 4.57 Å². The Balaban J connectivity index is 1.91. The monoisotopic (exact) mass is 556 g/mol. The maximum Gasteiger partial charge on any atom is 0.459 e. The molecule has 206 valence electrons. The molecule has 38 heavy (non-hydrogen) atoms. The summed E-state index contributed by atoms with van der Waals surface area (Å²) in [6.45, 7) is 3.51. The third-order valence-electron chi connectivity index (χ3n) is 5.17. The van der Waals surface area contributed by atoms with Crippen LogP contribution in [0.2, 0.25) is 0 Å². The number of carbonyl (C=O) groups is 1. The number of nitrogens with zero attached hydrogens (tertiary/aromatic N) is 4. The quantitative estimate of drug-likeness (QED) is 0.120. The Kier molecular flexibility index (Phi) is 9.09. The minimum atomic E-state index is -4.53. The molecular weight excluding hydrogens is 530 g/mol. The summed E-state index contributed by atoms with van der Waals surface area (Å²) in [5.74, 6) is -0.733. The predicted molar refractivity (Wildman–Crippen MR) is 129 cm³/mol. The molecule has 6 atom stereocenters. The Hall–Kier alpha value is -3.52. The van der Waals surface area contributed by atoms with E-state index in [9.17, 15) is 24.1 Å². The highest BCUT2D eigenvalue weighted by Crippen LogP contribution is 2.48.